The van der Waals surface area contributed by atoms with Crippen LogP contribution in [0, 0.1) is 0 Å². The van der Waals surface area contributed by atoms with Crippen molar-refractivity contribution in [1.29, 1.82) is 0 Å². The van der Waals surface area contributed by atoms with Gasteiger partial charge in [-0.05, 0) is 81.9 Å². The van der Waals surface area contributed by atoms with Gasteiger partial charge < -0.3 is 4.74 Å². The number of thiophene rings is 1. The van der Waals surface area contributed by atoms with Gasteiger partial charge in [0.25, 0.3) is 0 Å². The van der Waals surface area contributed by atoms with Gasteiger partial charge >= 0.3 is 0 Å². The van der Waals surface area contributed by atoms with Crippen molar-refractivity contribution in [2.45, 2.75) is 5.41 Å². The summed E-state index contributed by atoms with van der Waals surface area (Å²) < 4.78 is 11.5. The molecule has 298 valence electrons. The van der Waals surface area contributed by atoms with Crippen LogP contribution in [-0.2, 0) is 5.41 Å². The lowest BCUT2D eigenvalue weighted by atomic mass is 9.65. The molecule has 1 aliphatic heterocycles. The molecule has 0 saturated carbocycles. The monoisotopic (exact) mass is 834 g/mol. The predicted octanol–water partition coefficient (Wildman–Crippen LogP) is 14.8. The Morgan fingerprint density at radius 3 is 1.94 bits per heavy atom. The van der Waals surface area contributed by atoms with Crippen molar-refractivity contribution >= 4 is 53.3 Å². The quantitative estimate of drug-likeness (QED) is 0.177. The molecule has 3 aromatic heterocycles. The van der Waals surface area contributed by atoms with Crippen LogP contribution in [0.15, 0.2) is 206 Å². The molecule has 1 atom stereocenters. The second-order valence-electron chi connectivity index (χ2n) is 16.7. The van der Waals surface area contributed by atoms with Crippen LogP contribution in [-0.4, -0.2) is 19.5 Å². The standard InChI is InChI=1S/C58H34N4OS/c1-3-16-35(17-4-1)37-30-31-52-48(32-37)58(46-26-11-13-28-51(46)63-52)45-25-10-7-20-38(45)43-33-44-39-21-8-12-27-49(39)62(50(44)34-47(43)58)57-60-55(36-18-5-2-6-19-36)59-56(61-57)42-24-15-23-41-40-22-9-14-29-53(40)64-54(41)42/h1-34H/t58-/m1/s1. The molecule has 5 nitrogen and oxygen atoms in total. The van der Waals surface area contributed by atoms with Crippen LogP contribution in [0.1, 0.15) is 22.3 Å². The molecule has 0 saturated heterocycles. The fraction of sp³-hybridized carbons (Fsp3) is 0.0172. The third-order valence-corrected chi connectivity index (χ3v) is 14.6. The smallest absolute Gasteiger partial charge is 0.238 e. The van der Waals surface area contributed by atoms with E-state index in [0.717, 1.165) is 71.4 Å². The van der Waals surface area contributed by atoms with E-state index < -0.39 is 5.41 Å². The van der Waals surface area contributed by atoms with Crippen molar-refractivity contribution < 1.29 is 4.74 Å². The largest absolute Gasteiger partial charge is 0.457 e. The molecule has 12 aromatic rings. The number of ether oxygens (including phenoxy) is 1. The molecule has 1 spiro atoms. The normalized spacial score (nSPS) is 14.8. The highest BCUT2D eigenvalue weighted by molar-refractivity contribution is 7.26. The molecule has 64 heavy (non-hydrogen) atoms. The Bertz CT molecular complexity index is 3890. The highest BCUT2D eigenvalue weighted by Gasteiger charge is 2.51. The molecule has 4 heterocycles. The van der Waals surface area contributed by atoms with E-state index in [-0.39, 0.29) is 0 Å². The Kier molecular flexibility index (Phi) is 7.42. The number of fused-ring (bicyclic) bond motifs is 15. The van der Waals surface area contributed by atoms with Gasteiger partial charge in [-0.15, -0.1) is 11.3 Å². The van der Waals surface area contributed by atoms with Gasteiger partial charge in [-0.25, -0.2) is 4.98 Å². The van der Waals surface area contributed by atoms with Crippen LogP contribution in [0.25, 0.3) is 93.0 Å². The van der Waals surface area contributed by atoms with E-state index in [4.69, 9.17) is 19.7 Å². The van der Waals surface area contributed by atoms with Gasteiger partial charge in [0.2, 0.25) is 5.95 Å². The maximum Gasteiger partial charge on any atom is 0.238 e. The van der Waals surface area contributed by atoms with E-state index >= 15 is 0 Å². The summed E-state index contributed by atoms with van der Waals surface area (Å²) in [7, 11) is 0. The lowest BCUT2D eigenvalue weighted by molar-refractivity contribution is 0.436. The number of benzene rings is 9. The van der Waals surface area contributed by atoms with Gasteiger partial charge in [-0.1, -0.05) is 158 Å². The highest BCUT2D eigenvalue weighted by atomic mass is 32.1. The molecule has 2 aliphatic rings. The van der Waals surface area contributed by atoms with Gasteiger partial charge in [0, 0.05) is 53.2 Å². The zero-order chi connectivity index (χ0) is 41.9. The van der Waals surface area contributed by atoms with Gasteiger partial charge in [-0.2, -0.15) is 9.97 Å². The van der Waals surface area contributed by atoms with Crippen molar-refractivity contribution in [3.63, 3.8) is 0 Å². The number of nitrogens with zero attached hydrogens (tertiary/aromatic N) is 4. The molecular formula is C58H34N4OS. The second-order valence-corrected chi connectivity index (χ2v) is 17.7. The first-order chi connectivity index (χ1) is 31.7. The van der Waals surface area contributed by atoms with Crippen LogP contribution in [0.5, 0.6) is 11.5 Å². The summed E-state index contributed by atoms with van der Waals surface area (Å²) in [5.74, 6) is 3.53. The average molecular weight is 835 g/mol. The number of hydrogen-bond acceptors (Lipinski definition) is 5. The summed E-state index contributed by atoms with van der Waals surface area (Å²) in [6, 6.07) is 73.6. The summed E-state index contributed by atoms with van der Waals surface area (Å²) in [4.78, 5) is 16.1. The summed E-state index contributed by atoms with van der Waals surface area (Å²) >= 11 is 1.78. The Morgan fingerprint density at radius 2 is 1.06 bits per heavy atom. The lowest BCUT2D eigenvalue weighted by Gasteiger charge is -2.39. The van der Waals surface area contributed by atoms with Crippen LogP contribution in [0.3, 0.4) is 0 Å². The SMILES string of the molecule is c1ccc(-c2ccc3c(c2)[C@@]2(c4ccccc4O3)c3ccccc3-c3cc4c5ccccc5n(-c5nc(-c6ccccc6)nc(-c6cccc7c6sc6ccccc67)n5)c4cc32)cc1. The Hall–Kier alpha value is -8.19. The number of rotatable bonds is 4. The molecule has 6 heteroatoms. The van der Waals surface area contributed by atoms with Crippen LogP contribution in [0.2, 0.25) is 0 Å². The molecular weight excluding hydrogens is 801 g/mol. The Morgan fingerprint density at radius 1 is 0.391 bits per heavy atom. The first-order valence-corrected chi connectivity index (χ1v) is 22.4. The van der Waals surface area contributed by atoms with Gasteiger partial charge in [0.15, 0.2) is 11.6 Å². The summed E-state index contributed by atoms with van der Waals surface area (Å²) in [5.41, 5.74) is 12.7. The predicted molar refractivity (Wildman–Crippen MR) is 261 cm³/mol. The summed E-state index contributed by atoms with van der Waals surface area (Å²) in [5, 5.41) is 4.70. The second kappa shape index (κ2) is 13.4. The molecule has 0 amide bonds. The molecule has 0 bridgehead atoms. The van der Waals surface area contributed by atoms with Gasteiger partial charge in [-0.3, -0.25) is 4.57 Å². The van der Waals surface area contributed by atoms with Crippen LogP contribution < -0.4 is 4.74 Å². The fourth-order valence-electron chi connectivity index (χ4n) is 10.6. The van der Waals surface area contributed by atoms with E-state index in [1.54, 1.807) is 11.3 Å². The zero-order valence-electron chi connectivity index (χ0n) is 34.2. The van der Waals surface area contributed by atoms with E-state index in [1.807, 2.05) is 18.2 Å². The zero-order valence-corrected chi connectivity index (χ0v) is 35.1. The molecule has 1 aliphatic carbocycles. The number of para-hydroxylation sites is 2. The van der Waals surface area contributed by atoms with Crippen LogP contribution >= 0.6 is 11.3 Å². The minimum absolute atomic E-state index is 0.566. The van der Waals surface area contributed by atoms with E-state index in [1.165, 1.54) is 37.7 Å². The van der Waals surface area contributed by atoms with Crippen molar-refractivity contribution in [3.05, 3.63) is 229 Å². The first-order valence-electron chi connectivity index (χ1n) is 21.6. The summed E-state index contributed by atoms with van der Waals surface area (Å²) in [6.45, 7) is 0. The molecule has 0 N–H and O–H groups in total. The van der Waals surface area contributed by atoms with Crippen molar-refractivity contribution in [2.24, 2.45) is 0 Å². The lowest BCUT2D eigenvalue weighted by Crippen LogP contribution is -2.32. The van der Waals surface area contributed by atoms with Gasteiger partial charge in [0.05, 0.1) is 16.4 Å². The highest BCUT2D eigenvalue weighted by Crippen LogP contribution is 2.63. The minimum atomic E-state index is -0.688. The third-order valence-electron chi connectivity index (χ3n) is 13.3. The van der Waals surface area contributed by atoms with E-state index in [9.17, 15) is 0 Å². The number of aromatic nitrogens is 4. The molecule has 0 radical (unpaired) electrons. The maximum atomic E-state index is 6.84. The van der Waals surface area contributed by atoms with Crippen molar-refractivity contribution in [1.82, 2.24) is 19.5 Å². The Labute approximate surface area is 372 Å². The molecule has 0 unspecified atom stereocenters. The van der Waals surface area contributed by atoms with Crippen molar-refractivity contribution in [3.8, 4) is 62.5 Å². The van der Waals surface area contributed by atoms with Crippen molar-refractivity contribution in [2.75, 3.05) is 0 Å². The average Bonchev–Trinajstić information content (AvgIpc) is 4.00. The van der Waals surface area contributed by atoms with E-state index in [2.05, 4.69) is 193 Å². The molecule has 0 fully saturated rings. The Balaban J connectivity index is 1.09. The maximum absolute atomic E-state index is 6.84. The third kappa shape index (κ3) is 4.91. The minimum Gasteiger partial charge on any atom is -0.457 e. The van der Waals surface area contributed by atoms with Gasteiger partial charge in [0.1, 0.15) is 11.5 Å². The first kappa shape index (κ1) is 35.4. The molecule has 14 rings (SSSR count). The topological polar surface area (TPSA) is 52.8 Å². The fourth-order valence-corrected chi connectivity index (χ4v) is 11.8. The number of hydrogen-bond donors (Lipinski definition) is 0. The van der Waals surface area contributed by atoms with E-state index in [0.29, 0.717) is 17.6 Å². The van der Waals surface area contributed by atoms with Crippen LogP contribution in [0.4, 0.5) is 0 Å². The summed E-state index contributed by atoms with van der Waals surface area (Å²) in [6.07, 6.45) is 0. The molecule has 9 aromatic carbocycles.